The van der Waals surface area contributed by atoms with Crippen molar-refractivity contribution in [1.29, 1.82) is 0 Å². The highest BCUT2D eigenvalue weighted by atomic mass is 32.2. The first-order valence-corrected chi connectivity index (χ1v) is 9.62. The number of hydrogen-bond donors (Lipinski definition) is 1. The first-order chi connectivity index (χ1) is 12.5. The molecule has 1 fully saturated rings. The van der Waals surface area contributed by atoms with Crippen molar-refractivity contribution in [2.45, 2.75) is 4.90 Å². The number of hydrogen-bond acceptors (Lipinski definition) is 6. The number of benzene rings is 2. The maximum atomic E-state index is 12.7. The largest absolute Gasteiger partial charge is 0.465 e. The molecule has 0 spiro atoms. The van der Waals surface area contributed by atoms with Gasteiger partial charge < -0.3 is 14.4 Å². The molecule has 0 bridgehead atoms. The summed E-state index contributed by atoms with van der Waals surface area (Å²) in [5, 5.41) is 0. The van der Waals surface area contributed by atoms with E-state index in [-0.39, 0.29) is 10.5 Å². The summed E-state index contributed by atoms with van der Waals surface area (Å²) in [4.78, 5) is 13.9. The van der Waals surface area contributed by atoms with Crippen LogP contribution >= 0.6 is 0 Å². The van der Waals surface area contributed by atoms with Crippen LogP contribution in [-0.4, -0.2) is 47.8 Å². The fraction of sp³-hybridized carbons (Fsp3) is 0.278. The molecular weight excluding hydrogens is 356 g/mol. The van der Waals surface area contributed by atoms with Crippen LogP contribution in [0.5, 0.6) is 0 Å². The molecule has 0 atom stereocenters. The van der Waals surface area contributed by atoms with Gasteiger partial charge in [0.15, 0.2) is 0 Å². The number of carbonyl (C=O) groups excluding carboxylic acids is 1. The van der Waals surface area contributed by atoms with E-state index in [4.69, 9.17) is 4.74 Å². The average molecular weight is 376 g/mol. The second kappa shape index (κ2) is 7.76. The zero-order chi connectivity index (χ0) is 18.6. The van der Waals surface area contributed by atoms with Crippen LogP contribution in [0.15, 0.2) is 53.4 Å². The summed E-state index contributed by atoms with van der Waals surface area (Å²) in [7, 11) is -2.71. The molecule has 26 heavy (non-hydrogen) atoms. The minimum Gasteiger partial charge on any atom is -0.465 e. The Balaban J connectivity index is 1.81. The van der Waals surface area contributed by atoms with Crippen molar-refractivity contribution in [3.05, 3.63) is 54.1 Å². The Morgan fingerprint density at radius 1 is 1.08 bits per heavy atom. The first kappa shape index (κ1) is 18.2. The molecule has 8 heteroatoms. The Morgan fingerprint density at radius 2 is 1.73 bits per heavy atom. The maximum absolute atomic E-state index is 12.7. The lowest BCUT2D eigenvalue weighted by molar-refractivity contribution is 0.0596. The Morgan fingerprint density at radius 3 is 2.38 bits per heavy atom. The van der Waals surface area contributed by atoms with E-state index in [2.05, 4.69) is 14.4 Å². The van der Waals surface area contributed by atoms with Gasteiger partial charge in [-0.3, -0.25) is 4.72 Å². The van der Waals surface area contributed by atoms with E-state index in [1.54, 1.807) is 24.3 Å². The summed E-state index contributed by atoms with van der Waals surface area (Å²) in [5.74, 6) is -0.700. The van der Waals surface area contributed by atoms with Crippen LogP contribution in [0.25, 0.3) is 0 Å². The third-order valence-corrected chi connectivity index (χ3v) is 5.52. The number of esters is 1. The van der Waals surface area contributed by atoms with Crippen molar-refractivity contribution in [1.82, 2.24) is 0 Å². The van der Waals surface area contributed by atoms with E-state index in [1.807, 2.05) is 12.1 Å². The molecule has 3 rings (SSSR count). The molecule has 7 nitrogen and oxygen atoms in total. The summed E-state index contributed by atoms with van der Waals surface area (Å²) in [6.45, 7) is 2.96. The maximum Gasteiger partial charge on any atom is 0.339 e. The van der Waals surface area contributed by atoms with Crippen LogP contribution in [0.2, 0.25) is 0 Å². The van der Waals surface area contributed by atoms with Gasteiger partial charge in [-0.2, -0.15) is 0 Å². The zero-order valence-electron chi connectivity index (χ0n) is 14.3. The predicted octanol–water partition coefficient (Wildman–Crippen LogP) is 2.11. The third kappa shape index (κ3) is 3.97. The second-order valence-corrected chi connectivity index (χ2v) is 7.39. The van der Waals surface area contributed by atoms with Gasteiger partial charge in [0.05, 0.1) is 25.9 Å². The molecule has 138 valence electrons. The molecule has 1 N–H and O–H groups in total. The summed E-state index contributed by atoms with van der Waals surface area (Å²) in [6.07, 6.45) is 0. The average Bonchev–Trinajstić information content (AvgIpc) is 2.68. The van der Waals surface area contributed by atoms with Crippen LogP contribution in [0, 0.1) is 0 Å². The van der Waals surface area contributed by atoms with Gasteiger partial charge in [0.2, 0.25) is 0 Å². The van der Waals surface area contributed by atoms with Gasteiger partial charge in [-0.15, -0.1) is 0 Å². The lowest BCUT2D eigenvalue weighted by Crippen LogP contribution is -2.36. The van der Waals surface area contributed by atoms with Gasteiger partial charge in [-0.1, -0.05) is 12.1 Å². The van der Waals surface area contributed by atoms with E-state index in [9.17, 15) is 13.2 Å². The number of anilines is 2. The molecule has 0 amide bonds. The van der Waals surface area contributed by atoms with E-state index in [1.165, 1.54) is 19.2 Å². The molecule has 1 saturated heterocycles. The van der Waals surface area contributed by atoms with E-state index < -0.39 is 16.0 Å². The third-order valence-electron chi connectivity index (χ3n) is 4.08. The van der Waals surface area contributed by atoms with E-state index in [0.717, 1.165) is 18.8 Å². The Labute approximate surface area is 152 Å². The molecule has 1 aliphatic heterocycles. The fourth-order valence-corrected chi connectivity index (χ4v) is 4.01. The van der Waals surface area contributed by atoms with Crippen molar-refractivity contribution >= 4 is 27.4 Å². The topological polar surface area (TPSA) is 84.9 Å². The van der Waals surface area contributed by atoms with Crippen LogP contribution in [0.1, 0.15) is 10.4 Å². The van der Waals surface area contributed by atoms with Crippen molar-refractivity contribution in [3.63, 3.8) is 0 Å². The molecule has 2 aromatic rings. The summed E-state index contributed by atoms with van der Waals surface area (Å²) in [6, 6.07) is 13.0. The number of nitrogens with one attached hydrogen (secondary N) is 1. The van der Waals surface area contributed by atoms with E-state index in [0.29, 0.717) is 18.9 Å². The van der Waals surface area contributed by atoms with Crippen molar-refractivity contribution in [3.8, 4) is 0 Å². The summed E-state index contributed by atoms with van der Waals surface area (Å²) >= 11 is 0. The summed E-state index contributed by atoms with van der Waals surface area (Å²) < 4.78 is 37.9. The minimum atomic E-state index is -3.92. The molecule has 1 aliphatic rings. The van der Waals surface area contributed by atoms with Gasteiger partial charge in [-0.25, -0.2) is 13.2 Å². The smallest absolute Gasteiger partial charge is 0.339 e. The Bertz CT molecular complexity index is 875. The molecule has 0 aliphatic carbocycles. The van der Waals surface area contributed by atoms with Crippen LogP contribution in [-0.2, 0) is 19.5 Å². The molecule has 0 radical (unpaired) electrons. The lowest BCUT2D eigenvalue weighted by atomic mass is 10.2. The number of sulfonamides is 1. The van der Waals surface area contributed by atoms with Crippen LogP contribution in [0.4, 0.5) is 11.4 Å². The SMILES string of the molecule is COC(=O)c1ccccc1S(=O)(=O)Nc1ccc(N2CCOCC2)cc1. The van der Waals surface area contributed by atoms with Crippen molar-refractivity contribution < 1.29 is 22.7 Å². The van der Waals surface area contributed by atoms with Gasteiger partial charge in [-0.05, 0) is 36.4 Å². The monoisotopic (exact) mass is 376 g/mol. The molecule has 1 heterocycles. The number of rotatable bonds is 5. The van der Waals surface area contributed by atoms with E-state index >= 15 is 0 Å². The van der Waals surface area contributed by atoms with Gasteiger partial charge in [0.1, 0.15) is 4.90 Å². The standard InChI is InChI=1S/C18H20N2O5S/c1-24-18(21)16-4-2-3-5-17(16)26(22,23)19-14-6-8-15(9-7-14)20-10-12-25-13-11-20/h2-9,19H,10-13H2,1H3. The second-order valence-electron chi connectivity index (χ2n) is 5.74. The zero-order valence-corrected chi connectivity index (χ0v) is 15.2. The quantitative estimate of drug-likeness (QED) is 0.805. The number of methoxy groups -OCH3 is 1. The lowest BCUT2D eigenvalue weighted by Gasteiger charge is -2.28. The minimum absolute atomic E-state index is 0.00700. The van der Waals surface area contributed by atoms with Gasteiger partial charge in [0, 0.05) is 24.5 Å². The fourth-order valence-electron chi connectivity index (χ4n) is 2.75. The van der Waals surface area contributed by atoms with Crippen molar-refractivity contribution in [2.24, 2.45) is 0 Å². The normalized spacial score (nSPS) is 14.7. The highest BCUT2D eigenvalue weighted by Gasteiger charge is 2.22. The number of carbonyl (C=O) groups is 1. The summed E-state index contributed by atoms with van der Waals surface area (Å²) in [5.41, 5.74) is 1.42. The number of nitrogens with zero attached hydrogens (tertiary/aromatic N) is 1. The number of ether oxygens (including phenoxy) is 2. The molecular formula is C18H20N2O5S. The predicted molar refractivity (Wildman–Crippen MR) is 98.1 cm³/mol. The first-order valence-electron chi connectivity index (χ1n) is 8.14. The van der Waals surface area contributed by atoms with Gasteiger partial charge >= 0.3 is 5.97 Å². The Hall–Kier alpha value is -2.58. The molecule has 0 aromatic heterocycles. The number of morpholine rings is 1. The van der Waals surface area contributed by atoms with Crippen molar-refractivity contribution in [2.75, 3.05) is 43.0 Å². The van der Waals surface area contributed by atoms with Crippen LogP contribution < -0.4 is 9.62 Å². The highest BCUT2D eigenvalue weighted by molar-refractivity contribution is 7.92. The highest BCUT2D eigenvalue weighted by Crippen LogP contribution is 2.23. The molecule has 2 aromatic carbocycles. The molecule has 0 unspecified atom stereocenters. The Kier molecular flexibility index (Phi) is 5.43. The van der Waals surface area contributed by atoms with Gasteiger partial charge in [0.25, 0.3) is 10.0 Å². The molecule has 0 saturated carbocycles. The van der Waals surface area contributed by atoms with Crippen LogP contribution in [0.3, 0.4) is 0 Å².